The van der Waals surface area contributed by atoms with Crippen LogP contribution in [0.25, 0.3) is 0 Å². The van der Waals surface area contributed by atoms with E-state index < -0.39 is 0 Å². The van der Waals surface area contributed by atoms with Gasteiger partial charge in [0.1, 0.15) is 5.75 Å². The average Bonchev–Trinajstić information content (AvgIpc) is 2.88. The van der Waals surface area contributed by atoms with Gasteiger partial charge in [-0.1, -0.05) is 41.9 Å². The lowest BCUT2D eigenvalue weighted by molar-refractivity contribution is 0.415. The summed E-state index contributed by atoms with van der Waals surface area (Å²) in [5.41, 5.74) is 7.66. The minimum atomic E-state index is 0.684. The fourth-order valence-electron chi connectivity index (χ4n) is 2.79. The maximum Gasteiger partial charge on any atom is 0.154 e. The molecule has 0 fully saturated rings. The number of amidine groups is 1. The van der Waals surface area contributed by atoms with Crippen LogP contribution in [0.1, 0.15) is 16.7 Å². The first-order valence-corrected chi connectivity index (χ1v) is 8.54. The molecule has 26 heavy (non-hydrogen) atoms. The van der Waals surface area contributed by atoms with E-state index in [1.807, 2.05) is 72.8 Å². The molecule has 4 rings (SSSR count). The Kier molecular flexibility index (Phi) is 4.42. The number of benzene rings is 3. The molecule has 3 aromatic rings. The van der Waals surface area contributed by atoms with E-state index in [0.717, 1.165) is 33.8 Å². The van der Waals surface area contributed by atoms with E-state index in [2.05, 4.69) is 10.5 Å². The molecule has 5 heteroatoms. The Balaban J connectivity index is 1.79. The Morgan fingerprint density at radius 3 is 2.27 bits per heavy atom. The third-order valence-electron chi connectivity index (χ3n) is 4.15. The maximum atomic E-state index is 6.02. The Morgan fingerprint density at radius 2 is 1.54 bits per heavy atom. The van der Waals surface area contributed by atoms with Crippen molar-refractivity contribution in [1.29, 1.82) is 0 Å². The summed E-state index contributed by atoms with van der Waals surface area (Å²) in [6.07, 6.45) is 0. The molecule has 0 saturated heterocycles. The zero-order valence-electron chi connectivity index (χ0n) is 14.1. The Hall–Kier alpha value is -3.11. The number of aliphatic imine (C=N–C) groups is 1. The number of halogens is 1. The fourth-order valence-corrected chi connectivity index (χ4v) is 2.92. The molecule has 0 bridgehead atoms. The highest BCUT2D eigenvalue weighted by atomic mass is 35.5. The highest BCUT2D eigenvalue weighted by Gasteiger charge is 2.16. The Bertz CT molecular complexity index is 993. The SMILES string of the molecule is COc1ccc(C2=Nc3ccccc3C(c3ccc(Cl)cc3)=NN2)cc1. The smallest absolute Gasteiger partial charge is 0.154 e. The maximum absolute atomic E-state index is 6.02. The number of hydrazone groups is 1. The number of hydrogen-bond donors (Lipinski definition) is 1. The summed E-state index contributed by atoms with van der Waals surface area (Å²) in [4.78, 5) is 4.78. The number of nitrogens with one attached hydrogen (secondary N) is 1. The van der Waals surface area contributed by atoms with Gasteiger partial charge in [0, 0.05) is 21.7 Å². The number of methoxy groups -OCH3 is 1. The molecule has 0 radical (unpaired) electrons. The lowest BCUT2D eigenvalue weighted by Gasteiger charge is -2.07. The molecule has 128 valence electrons. The lowest BCUT2D eigenvalue weighted by atomic mass is 10.0. The van der Waals surface area contributed by atoms with Crippen molar-refractivity contribution in [3.8, 4) is 5.75 Å². The van der Waals surface area contributed by atoms with Crippen LogP contribution < -0.4 is 10.2 Å². The van der Waals surface area contributed by atoms with Gasteiger partial charge in [-0.2, -0.15) is 5.10 Å². The van der Waals surface area contributed by atoms with Crippen LogP contribution in [0.15, 0.2) is 82.9 Å². The van der Waals surface area contributed by atoms with Crippen molar-refractivity contribution in [2.75, 3.05) is 7.11 Å². The molecule has 0 amide bonds. The first kappa shape index (κ1) is 16.4. The van der Waals surface area contributed by atoms with E-state index in [0.29, 0.717) is 10.9 Å². The molecular weight excluding hydrogens is 346 g/mol. The standard InChI is InChI=1S/C21H16ClN3O/c1-26-17-12-8-15(9-13-17)21-23-19-5-3-2-4-18(19)20(24-25-21)14-6-10-16(22)11-7-14/h2-13H,1H3,(H,23,25). The average molecular weight is 362 g/mol. The van der Waals surface area contributed by atoms with Crippen molar-refractivity contribution in [3.63, 3.8) is 0 Å². The third-order valence-corrected chi connectivity index (χ3v) is 4.40. The molecule has 0 atom stereocenters. The summed E-state index contributed by atoms with van der Waals surface area (Å²) < 4.78 is 5.22. The number of ether oxygens (including phenoxy) is 1. The molecule has 1 aliphatic rings. The molecular formula is C21H16ClN3O. The van der Waals surface area contributed by atoms with Crippen molar-refractivity contribution in [2.45, 2.75) is 0 Å². The summed E-state index contributed by atoms with van der Waals surface area (Å²) in [6.45, 7) is 0. The van der Waals surface area contributed by atoms with Crippen LogP contribution >= 0.6 is 11.6 Å². The highest BCUT2D eigenvalue weighted by Crippen LogP contribution is 2.26. The van der Waals surface area contributed by atoms with Gasteiger partial charge in [-0.3, -0.25) is 5.43 Å². The van der Waals surface area contributed by atoms with Gasteiger partial charge in [-0.15, -0.1) is 0 Å². The van der Waals surface area contributed by atoms with Crippen LogP contribution in [0, 0.1) is 0 Å². The molecule has 1 aliphatic heterocycles. The lowest BCUT2D eigenvalue weighted by Crippen LogP contribution is -2.19. The molecule has 0 spiro atoms. The summed E-state index contributed by atoms with van der Waals surface area (Å²) in [5, 5.41) is 5.32. The normalized spacial score (nSPS) is 13.0. The van der Waals surface area contributed by atoms with Crippen LogP contribution in [0.3, 0.4) is 0 Å². The second kappa shape index (κ2) is 7.02. The van der Waals surface area contributed by atoms with Crippen LogP contribution in [-0.4, -0.2) is 18.7 Å². The predicted molar refractivity (Wildman–Crippen MR) is 106 cm³/mol. The van der Waals surface area contributed by atoms with Crippen molar-refractivity contribution in [1.82, 2.24) is 5.43 Å². The predicted octanol–water partition coefficient (Wildman–Crippen LogP) is 4.78. The van der Waals surface area contributed by atoms with E-state index in [-0.39, 0.29) is 0 Å². The van der Waals surface area contributed by atoms with Gasteiger partial charge in [-0.25, -0.2) is 4.99 Å². The topological polar surface area (TPSA) is 46.0 Å². The quantitative estimate of drug-likeness (QED) is 0.729. The molecule has 3 aromatic carbocycles. The van der Waals surface area contributed by atoms with Crippen molar-refractivity contribution >= 4 is 28.8 Å². The van der Waals surface area contributed by atoms with Crippen molar-refractivity contribution in [3.05, 3.63) is 94.5 Å². The van der Waals surface area contributed by atoms with Gasteiger partial charge >= 0.3 is 0 Å². The minimum absolute atomic E-state index is 0.684. The van der Waals surface area contributed by atoms with E-state index in [9.17, 15) is 0 Å². The van der Waals surface area contributed by atoms with Crippen LogP contribution in [0.4, 0.5) is 5.69 Å². The Morgan fingerprint density at radius 1 is 0.846 bits per heavy atom. The molecule has 0 unspecified atom stereocenters. The molecule has 1 N–H and O–H groups in total. The summed E-state index contributed by atoms with van der Waals surface area (Å²) >= 11 is 6.02. The van der Waals surface area contributed by atoms with Gasteiger partial charge in [0.15, 0.2) is 5.84 Å². The zero-order valence-corrected chi connectivity index (χ0v) is 14.9. The van der Waals surface area contributed by atoms with Gasteiger partial charge < -0.3 is 4.74 Å². The second-order valence-corrected chi connectivity index (χ2v) is 6.22. The number of nitrogens with zero attached hydrogens (tertiary/aromatic N) is 2. The van der Waals surface area contributed by atoms with E-state index in [4.69, 9.17) is 21.3 Å². The Labute approximate surface area is 156 Å². The molecule has 0 aliphatic carbocycles. The summed E-state index contributed by atoms with van der Waals surface area (Å²) in [6, 6.07) is 23.3. The van der Waals surface area contributed by atoms with Gasteiger partial charge in [0.2, 0.25) is 0 Å². The number of hydrogen-bond acceptors (Lipinski definition) is 4. The highest BCUT2D eigenvalue weighted by molar-refractivity contribution is 6.30. The largest absolute Gasteiger partial charge is 0.497 e. The first-order valence-electron chi connectivity index (χ1n) is 8.17. The van der Waals surface area contributed by atoms with Crippen molar-refractivity contribution in [2.24, 2.45) is 10.1 Å². The van der Waals surface area contributed by atoms with Crippen LogP contribution in [-0.2, 0) is 0 Å². The van der Waals surface area contributed by atoms with E-state index in [1.54, 1.807) is 7.11 Å². The van der Waals surface area contributed by atoms with Crippen molar-refractivity contribution < 1.29 is 4.74 Å². The number of rotatable bonds is 3. The zero-order chi connectivity index (χ0) is 17.9. The monoisotopic (exact) mass is 361 g/mol. The second-order valence-electron chi connectivity index (χ2n) is 5.79. The third kappa shape index (κ3) is 3.19. The first-order chi connectivity index (χ1) is 12.7. The fraction of sp³-hybridized carbons (Fsp3) is 0.0476. The molecule has 4 nitrogen and oxygen atoms in total. The molecule has 0 aromatic heterocycles. The van der Waals surface area contributed by atoms with Crippen LogP contribution in [0.5, 0.6) is 5.75 Å². The minimum Gasteiger partial charge on any atom is -0.497 e. The van der Waals surface area contributed by atoms with Gasteiger partial charge in [0.25, 0.3) is 0 Å². The van der Waals surface area contributed by atoms with Gasteiger partial charge in [0.05, 0.1) is 18.5 Å². The van der Waals surface area contributed by atoms with Crippen LogP contribution in [0.2, 0.25) is 5.02 Å². The number of fused-ring (bicyclic) bond motifs is 1. The van der Waals surface area contributed by atoms with E-state index in [1.165, 1.54) is 0 Å². The van der Waals surface area contributed by atoms with E-state index >= 15 is 0 Å². The number of para-hydroxylation sites is 1. The summed E-state index contributed by atoms with van der Waals surface area (Å²) in [5.74, 6) is 1.48. The summed E-state index contributed by atoms with van der Waals surface area (Å²) in [7, 11) is 1.65. The molecule has 0 saturated carbocycles. The van der Waals surface area contributed by atoms with Gasteiger partial charge in [-0.05, 0) is 42.5 Å². The molecule has 1 heterocycles.